The second-order valence-corrected chi connectivity index (χ2v) is 4.97. The van der Waals surface area contributed by atoms with Gasteiger partial charge in [-0.15, -0.1) is 0 Å². The predicted molar refractivity (Wildman–Crippen MR) is 76.3 cm³/mol. The van der Waals surface area contributed by atoms with Crippen molar-refractivity contribution < 1.29 is 14.3 Å². The number of carbonyl (C=O) groups excluding carboxylic acids is 1. The molecule has 2 aromatic rings. The van der Waals surface area contributed by atoms with Crippen LogP contribution in [0, 0.1) is 12.7 Å². The van der Waals surface area contributed by atoms with Gasteiger partial charge in [-0.3, -0.25) is 4.79 Å². The van der Waals surface area contributed by atoms with Gasteiger partial charge in [0.1, 0.15) is 17.3 Å². The van der Waals surface area contributed by atoms with Gasteiger partial charge in [0.15, 0.2) is 0 Å². The van der Waals surface area contributed by atoms with Crippen LogP contribution < -0.4 is 0 Å². The van der Waals surface area contributed by atoms with Crippen molar-refractivity contribution in [2.24, 2.45) is 0 Å². The minimum atomic E-state index is -0.273. The fourth-order valence-electron chi connectivity index (χ4n) is 2.09. The van der Waals surface area contributed by atoms with E-state index in [-0.39, 0.29) is 23.8 Å². The van der Waals surface area contributed by atoms with Gasteiger partial charge in [-0.05, 0) is 37.1 Å². The molecule has 0 unspecified atom stereocenters. The number of benzene rings is 2. The summed E-state index contributed by atoms with van der Waals surface area (Å²) in [6.07, 6.45) is 1.21. The summed E-state index contributed by atoms with van der Waals surface area (Å²) in [6.45, 7) is 1.92. The number of aryl methyl sites for hydroxylation is 2. The van der Waals surface area contributed by atoms with Gasteiger partial charge in [0.2, 0.25) is 0 Å². The van der Waals surface area contributed by atoms with Gasteiger partial charge in [0.25, 0.3) is 0 Å². The minimum Gasteiger partial charge on any atom is -0.508 e. The van der Waals surface area contributed by atoms with E-state index in [0.717, 1.165) is 11.1 Å². The first kappa shape index (κ1) is 14.3. The van der Waals surface area contributed by atoms with Crippen LogP contribution in [-0.4, -0.2) is 10.9 Å². The van der Waals surface area contributed by atoms with Gasteiger partial charge in [-0.1, -0.05) is 29.8 Å². The molecule has 0 fully saturated rings. The smallest absolute Gasteiger partial charge is 0.137 e. The van der Waals surface area contributed by atoms with Gasteiger partial charge < -0.3 is 5.11 Å². The third-order valence-corrected chi connectivity index (χ3v) is 3.23. The molecule has 0 saturated carbocycles. The summed E-state index contributed by atoms with van der Waals surface area (Å²) in [4.78, 5) is 11.9. The molecular weight excluding hydrogens is 255 g/mol. The molecule has 2 rings (SSSR count). The Hall–Kier alpha value is -2.16. The van der Waals surface area contributed by atoms with Crippen molar-refractivity contribution in [3.05, 3.63) is 65.0 Å². The van der Waals surface area contributed by atoms with Gasteiger partial charge in [0.05, 0.1) is 0 Å². The molecule has 0 spiro atoms. The first-order valence-corrected chi connectivity index (χ1v) is 6.59. The van der Waals surface area contributed by atoms with E-state index in [0.29, 0.717) is 18.4 Å². The number of rotatable bonds is 5. The number of aromatic hydroxyl groups is 1. The molecule has 0 atom stereocenters. The molecule has 0 bridgehead atoms. The van der Waals surface area contributed by atoms with Crippen LogP contribution in [0.1, 0.15) is 23.1 Å². The topological polar surface area (TPSA) is 37.3 Å². The fraction of sp³-hybridized carbons (Fsp3) is 0.235. The van der Waals surface area contributed by atoms with Gasteiger partial charge in [-0.25, -0.2) is 4.39 Å². The maximum atomic E-state index is 12.8. The van der Waals surface area contributed by atoms with Crippen molar-refractivity contribution in [2.45, 2.75) is 26.2 Å². The molecule has 0 heterocycles. The Labute approximate surface area is 117 Å². The highest BCUT2D eigenvalue weighted by molar-refractivity contribution is 5.81. The van der Waals surface area contributed by atoms with Crippen molar-refractivity contribution in [2.75, 3.05) is 0 Å². The highest BCUT2D eigenvalue weighted by atomic mass is 19.1. The Bertz CT molecular complexity index is 603. The third kappa shape index (κ3) is 3.92. The molecule has 2 aromatic carbocycles. The molecule has 2 nitrogen and oxygen atoms in total. The number of phenolic OH excluding ortho intramolecular Hbond substituents is 1. The molecule has 0 aliphatic carbocycles. The lowest BCUT2D eigenvalue weighted by Gasteiger charge is -2.05. The van der Waals surface area contributed by atoms with Crippen molar-refractivity contribution in [1.29, 1.82) is 0 Å². The Balaban J connectivity index is 1.92. The van der Waals surface area contributed by atoms with E-state index in [9.17, 15) is 14.3 Å². The van der Waals surface area contributed by atoms with Crippen LogP contribution in [0.25, 0.3) is 0 Å². The number of carbonyl (C=O) groups is 1. The first-order chi connectivity index (χ1) is 9.54. The molecule has 0 radical (unpaired) electrons. The highest BCUT2D eigenvalue weighted by Gasteiger charge is 2.08. The molecule has 0 amide bonds. The van der Waals surface area contributed by atoms with Crippen molar-refractivity contribution in [1.82, 2.24) is 0 Å². The van der Waals surface area contributed by atoms with E-state index in [4.69, 9.17) is 0 Å². The SMILES string of the molecule is Cc1ccc(O)c(CC(=O)CCc2ccc(F)cc2)c1. The quantitative estimate of drug-likeness (QED) is 0.903. The number of hydrogen-bond donors (Lipinski definition) is 1. The van der Waals surface area contributed by atoms with E-state index in [1.165, 1.54) is 12.1 Å². The zero-order chi connectivity index (χ0) is 14.5. The molecule has 20 heavy (non-hydrogen) atoms. The Morgan fingerprint density at radius 1 is 1.15 bits per heavy atom. The van der Waals surface area contributed by atoms with E-state index >= 15 is 0 Å². The predicted octanol–water partition coefficient (Wildman–Crippen LogP) is 3.58. The number of Topliss-reactive ketones (excluding diaryl/α,β-unsaturated/α-hetero) is 1. The minimum absolute atomic E-state index is 0.0650. The average molecular weight is 272 g/mol. The standard InChI is InChI=1S/C17H17FO2/c1-12-2-9-17(20)14(10-12)11-16(19)8-5-13-3-6-15(18)7-4-13/h2-4,6-7,9-10,20H,5,8,11H2,1H3. The number of phenols is 1. The third-order valence-electron chi connectivity index (χ3n) is 3.23. The maximum Gasteiger partial charge on any atom is 0.137 e. The second-order valence-electron chi connectivity index (χ2n) is 4.97. The molecular formula is C17H17FO2. The summed E-state index contributed by atoms with van der Waals surface area (Å²) in [5.41, 5.74) is 2.62. The summed E-state index contributed by atoms with van der Waals surface area (Å²) in [5, 5.41) is 9.71. The first-order valence-electron chi connectivity index (χ1n) is 6.59. The summed E-state index contributed by atoms with van der Waals surface area (Å²) >= 11 is 0. The summed E-state index contributed by atoms with van der Waals surface area (Å²) in [7, 11) is 0. The molecule has 0 aromatic heterocycles. The molecule has 104 valence electrons. The van der Waals surface area contributed by atoms with E-state index in [2.05, 4.69) is 0 Å². The van der Waals surface area contributed by atoms with Crippen LogP contribution in [0.4, 0.5) is 4.39 Å². The van der Waals surface area contributed by atoms with Crippen molar-refractivity contribution >= 4 is 5.78 Å². The maximum absolute atomic E-state index is 12.8. The Kier molecular flexibility index (Phi) is 4.51. The average Bonchev–Trinajstić information content (AvgIpc) is 2.42. The van der Waals surface area contributed by atoms with Gasteiger partial charge >= 0.3 is 0 Å². The molecule has 3 heteroatoms. The molecule has 0 aliphatic heterocycles. The van der Waals surface area contributed by atoms with Gasteiger partial charge in [-0.2, -0.15) is 0 Å². The zero-order valence-corrected chi connectivity index (χ0v) is 11.4. The summed E-state index contributed by atoms with van der Waals surface area (Å²) in [6, 6.07) is 11.4. The van der Waals surface area contributed by atoms with Crippen LogP contribution in [0.3, 0.4) is 0 Å². The summed E-state index contributed by atoms with van der Waals surface area (Å²) in [5.74, 6) is -0.0503. The van der Waals surface area contributed by atoms with Gasteiger partial charge in [0, 0.05) is 18.4 Å². The number of ketones is 1. The van der Waals surface area contributed by atoms with E-state index < -0.39 is 0 Å². The molecule has 0 saturated heterocycles. The monoisotopic (exact) mass is 272 g/mol. The Morgan fingerprint density at radius 3 is 2.55 bits per heavy atom. The van der Waals surface area contributed by atoms with Crippen molar-refractivity contribution in [3.63, 3.8) is 0 Å². The summed E-state index contributed by atoms with van der Waals surface area (Å²) < 4.78 is 12.8. The van der Waals surface area contributed by atoms with Crippen LogP contribution in [0.5, 0.6) is 5.75 Å². The zero-order valence-electron chi connectivity index (χ0n) is 11.4. The lowest BCUT2D eigenvalue weighted by Crippen LogP contribution is -2.05. The van der Waals surface area contributed by atoms with E-state index in [1.54, 1.807) is 18.2 Å². The highest BCUT2D eigenvalue weighted by Crippen LogP contribution is 2.19. The number of hydrogen-bond acceptors (Lipinski definition) is 2. The second kappa shape index (κ2) is 6.33. The fourth-order valence-corrected chi connectivity index (χ4v) is 2.09. The lowest BCUT2D eigenvalue weighted by atomic mass is 10.0. The van der Waals surface area contributed by atoms with E-state index in [1.807, 2.05) is 19.1 Å². The van der Waals surface area contributed by atoms with Crippen molar-refractivity contribution in [3.8, 4) is 5.75 Å². The van der Waals surface area contributed by atoms with Crippen LogP contribution in [0.15, 0.2) is 42.5 Å². The molecule has 0 aliphatic rings. The Morgan fingerprint density at radius 2 is 1.85 bits per heavy atom. The van der Waals surface area contributed by atoms with Crippen LogP contribution in [0.2, 0.25) is 0 Å². The van der Waals surface area contributed by atoms with Crippen LogP contribution in [-0.2, 0) is 17.6 Å². The lowest BCUT2D eigenvalue weighted by molar-refractivity contribution is -0.118. The normalized spacial score (nSPS) is 10.5. The number of halogens is 1. The van der Waals surface area contributed by atoms with Crippen LogP contribution >= 0.6 is 0 Å². The molecule has 1 N–H and O–H groups in total. The largest absolute Gasteiger partial charge is 0.508 e.